The first-order valence-electron chi connectivity index (χ1n) is 8.96. The third kappa shape index (κ3) is 4.42. The molecule has 136 valence electrons. The number of rotatable bonds is 5. The van der Waals surface area contributed by atoms with Crippen LogP contribution in [0.25, 0.3) is 10.9 Å². The van der Waals surface area contributed by atoms with Crippen molar-refractivity contribution in [1.82, 2.24) is 14.9 Å². The molecule has 3 atom stereocenters. The highest BCUT2D eigenvalue weighted by molar-refractivity contribution is 5.89. The minimum absolute atomic E-state index is 0.112. The third-order valence-electron chi connectivity index (χ3n) is 4.68. The van der Waals surface area contributed by atoms with Gasteiger partial charge in [0.15, 0.2) is 5.82 Å². The average molecular weight is 348 g/mol. The molecule has 25 heavy (non-hydrogen) atoms. The zero-order valence-electron chi connectivity index (χ0n) is 15.0. The molecule has 1 fully saturated rings. The average Bonchev–Trinajstić information content (AvgIpc) is 2.53. The lowest BCUT2D eigenvalue weighted by atomic mass is 9.92. The van der Waals surface area contributed by atoms with Crippen molar-refractivity contribution in [2.45, 2.75) is 39.7 Å². The summed E-state index contributed by atoms with van der Waals surface area (Å²) in [4.78, 5) is 10.5. The Bertz CT molecular complexity index is 712. The van der Waals surface area contributed by atoms with Crippen molar-refractivity contribution in [2.75, 3.05) is 25.0 Å². The van der Waals surface area contributed by atoms with Crippen LogP contribution in [0.15, 0.2) is 24.3 Å². The van der Waals surface area contributed by atoms with Crippen LogP contribution in [0.2, 0.25) is 0 Å². The number of fused-ring (bicyclic) bond motifs is 1. The Kier molecular flexibility index (Phi) is 5.47. The van der Waals surface area contributed by atoms with E-state index in [4.69, 9.17) is 0 Å². The number of anilines is 1. The summed E-state index contributed by atoms with van der Waals surface area (Å²) < 4.78 is 26.2. The highest BCUT2D eigenvalue weighted by Gasteiger charge is 2.23. The molecule has 0 spiro atoms. The van der Waals surface area contributed by atoms with Gasteiger partial charge in [-0.1, -0.05) is 26.0 Å². The topological polar surface area (TPSA) is 41.0 Å². The summed E-state index contributed by atoms with van der Waals surface area (Å²) in [5.41, 5.74) is 0.544. The van der Waals surface area contributed by atoms with Gasteiger partial charge in [0.25, 0.3) is 6.43 Å². The second-order valence-corrected chi connectivity index (χ2v) is 7.46. The maximum Gasteiger partial charge on any atom is 0.297 e. The Balaban J connectivity index is 1.77. The van der Waals surface area contributed by atoms with Crippen LogP contribution in [0.1, 0.15) is 39.4 Å². The lowest BCUT2D eigenvalue weighted by molar-refractivity contribution is 0.137. The van der Waals surface area contributed by atoms with Crippen molar-refractivity contribution in [3.05, 3.63) is 30.1 Å². The maximum absolute atomic E-state index is 13.1. The molecule has 2 heterocycles. The predicted molar refractivity (Wildman–Crippen MR) is 97.0 cm³/mol. The molecule has 0 radical (unpaired) electrons. The van der Waals surface area contributed by atoms with Gasteiger partial charge in [0, 0.05) is 31.1 Å². The van der Waals surface area contributed by atoms with Gasteiger partial charge in [0.1, 0.15) is 5.82 Å². The molecule has 1 aliphatic heterocycles. The number of para-hydroxylation sites is 1. The van der Waals surface area contributed by atoms with E-state index < -0.39 is 12.2 Å². The van der Waals surface area contributed by atoms with Crippen molar-refractivity contribution in [3.63, 3.8) is 0 Å². The van der Waals surface area contributed by atoms with E-state index in [0.717, 1.165) is 25.0 Å². The summed E-state index contributed by atoms with van der Waals surface area (Å²) in [5.74, 6) is 1.46. The molecule has 0 bridgehead atoms. The Morgan fingerprint density at radius 2 is 1.84 bits per heavy atom. The van der Waals surface area contributed by atoms with Gasteiger partial charge < -0.3 is 10.2 Å². The standard InChI is InChI=1S/C19H26F2N4/c1-12-8-13(2)10-25(9-12)11-14(3)22-18-15-6-4-5-7-16(15)23-19(24-18)17(20)21/h4-7,12-14,17H,8-11H2,1-3H3,(H,22,23,24). The number of hydrogen-bond acceptors (Lipinski definition) is 4. The molecule has 0 saturated carbocycles. The molecule has 0 amide bonds. The first-order chi connectivity index (χ1) is 11.9. The third-order valence-corrected chi connectivity index (χ3v) is 4.68. The number of nitrogens with zero attached hydrogens (tertiary/aromatic N) is 3. The molecule has 1 aromatic heterocycles. The van der Waals surface area contributed by atoms with Crippen LogP contribution in [-0.2, 0) is 0 Å². The van der Waals surface area contributed by atoms with Crippen molar-refractivity contribution in [3.8, 4) is 0 Å². The zero-order valence-corrected chi connectivity index (χ0v) is 15.0. The molecule has 3 unspecified atom stereocenters. The van der Waals surface area contributed by atoms with Crippen LogP contribution < -0.4 is 5.32 Å². The van der Waals surface area contributed by atoms with Gasteiger partial charge >= 0.3 is 0 Å². The Labute approximate surface area is 147 Å². The molecule has 4 nitrogen and oxygen atoms in total. The van der Waals surface area contributed by atoms with E-state index in [1.165, 1.54) is 6.42 Å². The van der Waals surface area contributed by atoms with Crippen LogP contribution in [-0.4, -0.2) is 40.5 Å². The lowest BCUT2D eigenvalue weighted by Gasteiger charge is -2.36. The van der Waals surface area contributed by atoms with Crippen LogP contribution in [0.3, 0.4) is 0 Å². The lowest BCUT2D eigenvalue weighted by Crippen LogP contribution is -2.43. The zero-order chi connectivity index (χ0) is 18.0. The number of alkyl halides is 2. The fourth-order valence-electron chi connectivity index (χ4n) is 3.91. The van der Waals surface area contributed by atoms with Crippen LogP contribution in [0.4, 0.5) is 14.6 Å². The van der Waals surface area contributed by atoms with Gasteiger partial charge in [-0.3, -0.25) is 0 Å². The van der Waals surface area contributed by atoms with Gasteiger partial charge in [-0.2, -0.15) is 0 Å². The van der Waals surface area contributed by atoms with Crippen LogP contribution >= 0.6 is 0 Å². The molecule has 2 aromatic rings. The molecule has 3 rings (SSSR count). The SMILES string of the molecule is CC1CC(C)CN(CC(C)Nc2nc(C(F)F)nc3ccccc23)C1. The fraction of sp³-hybridized carbons (Fsp3) is 0.579. The number of likely N-dealkylation sites (tertiary alicyclic amines) is 1. The second-order valence-electron chi connectivity index (χ2n) is 7.46. The van der Waals surface area contributed by atoms with E-state index >= 15 is 0 Å². The summed E-state index contributed by atoms with van der Waals surface area (Å²) in [6.45, 7) is 9.69. The number of aromatic nitrogens is 2. The molecular formula is C19H26F2N4. The van der Waals surface area contributed by atoms with Gasteiger partial charge in [0.05, 0.1) is 5.52 Å². The quantitative estimate of drug-likeness (QED) is 0.872. The summed E-state index contributed by atoms with van der Waals surface area (Å²) in [5, 5.41) is 4.11. The number of piperidine rings is 1. The van der Waals surface area contributed by atoms with E-state index in [0.29, 0.717) is 23.2 Å². The Morgan fingerprint density at radius 1 is 1.16 bits per heavy atom. The van der Waals surface area contributed by atoms with Crippen LogP contribution in [0.5, 0.6) is 0 Å². The smallest absolute Gasteiger partial charge is 0.297 e. The molecule has 1 N–H and O–H groups in total. The fourth-order valence-corrected chi connectivity index (χ4v) is 3.91. The largest absolute Gasteiger partial charge is 0.366 e. The van der Waals surface area contributed by atoms with E-state index in [-0.39, 0.29) is 6.04 Å². The van der Waals surface area contributed by atoms with Crippen molar-refractivity contribution < 1.29 is 8.78 Å². The maximum atomic E-state index is 13.1. The number of halogens is 2. The van der Waals surface area contributed by atoms with Crippen molar-refractivity contribution in [2.24, 2.45) is 11.8 Å². The predicted octanol–water partition coefficient (Wildman–Crippen LogP) is 4.35. The van der Waals surface area contributed by atoms with Gasteiger partial charge in [-0.05, 0) is 37.3 Å². The van der Waals surface area contributed by atoms with Crippen molar-refractivity contribution in [1.29, 1.82) is 0 Å². The van der Waals surface area contributed by atoms with E-state index in [1.54, 1.807) is 12.1 Å². The second kappa shape index (κ2) is 7.60. The van der Waals surface area contributed by atoms with Gasteiger partial charge in [-0.25, -0.2) is 18.7 Å². The van der Waals surface area contributed by atoms with Gasteiger partial charge in [0.2, 0.25) is 0 Å². The number of nitrogens with one attached hydrogen (secondary N) is 1. The first kappa shape index (κ1) is 18.0. The molecule has 1 saturated heterocycles. The highest BCUT2D eigenvalue weighted by Crippen LogP contribution is 2.25. The summed E-state index contributed by atoms with van der Waals surface area (Å²) >= 11 is 0. The molecule has 1 aliphatic rings. The van der Waals surface area contributed by atoms with Crippen molar-refractivity contribution >= 4 is 16.7 Å². The Morgan fingerprint density at radius 3 is 2.52 bits per heavy atom. The first-order valence-corrected chi connectivity index (χ1v) is 8.96. The molecule has 0 aliphatic carbocycles. The minimum Gasteiger partial charge on any atom is -0.366 e. The van der Waals surface area contributed by atoms with E-state index in [1.807, 2.05) is 12.1 Å². The summed E-state index contributed by atoms with van der Waals surface area (Å²) in [6, 6.07) is 7.39. The number of hydrogen-bond donors (Lipinski definition) is 1. The molecule has 6 heteroatoms. The van der Waals surface area contributed by atoms with E-state index in [9.17, 15) is 8.78 Å². The number of benzene rings is 1. The minimum atomic E-state index is -2.68. The van der Waals surface area contributed by atoms with E-state index in [2.05, 4.69) is 41.0 Å². The highest BCUT2D eigenvalue weighted by atomic mass is 19.3. The summed E-state index contributed by atoms with van der Waals surface area (Å²) in [7, 11) is 0. The molecular weight excluding hydrogens is 322 g/mol. The van der Waals surface area contributed by atoms with Gasteiger partial charge in [-0.15, -0.1) is 0 Å². The molecule has 1 aromatic carbocycles. The normalized spacial score (nSPS) is 23.1. The monoisotopic (exact) mass is 348 g/mol. The Hall–Kier alpha value is -1.82. The summed E-state index contributed by atoms with van der Waals surface area (Å²) in [6.07, 6.45) is -1.41. The van der Waals surface area contributed by atoms with Crippen LogP contribution in [0, 0.1) is 11.8 Å².